The van der Waals surface area contributed by atoms with Gasteiger partial charge in [0.1, 0.15) is 11.3 Å². The molecule has 0 aliphatic rings. The number of unbranched alkanes of at least 4 members (excludes halogenated alkanes) is 11. The standard InChI is InChI=1S/C23H36N2O/c24-19-12-10-8-6-4-2-1-3-5-7-9-11-15-21-18-17-20-14-13-16-22(26)23(20)25-21/h13-14,16-18,26H,1-12,15,19,24H2. The van der Waals surface area contributed by atoms with Gasteiger partial charge in [0.05, 0.1) is 0 Å². The Kier molecular flexibility index (Phi) is 10.1. The van der Waals surface area contributed by atoms with Crippen LogP contribution in [-0.2, 0) is 6.42 Å². The van der Waals surface area contributed by atoms with Gasteiger partial charge in [-0.25, -0.2) is 4.98 Å². The maximum atomic E-state index is 9.91. The highest BCUT2D eigenvalue weighted by molar-refractivity contribution is 5.84. The van der Waals surface area contributed by atoms with Crippen LogP contribution in [0.5, 0.6) is 5.75 Å². The van der Waals surface area contributed by atoms with E-state index in [0.717, 1.165) is 29.6 Å². The molecular weight excluding hydrogens is 320 g/mol. The molecule has 0 amide bonds. The van der Waals surface area contributed by atoms with E-state index >= 15 is 0 Å². The Hall–Kier alpha value is -1.61. The zero-order chi connectivity index (χ0) is 18.5. The minimum Gasteiger partial charge on any atom is -0.506 e. The number of phenols is 1. The Labute approximate surface area is 159 Å². The van der Waals surface area contributed by atoms with E-state index in [1.807, 2.05) is 12.1 Å². The lowest BCUT2D eigenvalue weighted by atomic mass is 10.0. The molecule has 2 rings (SSSR count). The van der Waals surface area contributed by atoms with Crippen molar-refractivity contribution in [1.82, 2.24) is 4.98 Å². The zero-order valence-corrected chi connectivity index (χ0v) is 16.3. The van der Waals surface area contributed by atoms with Crippen molar-refractivity contribution in [1.29, 1.82) is 0 Å². The molecule has 0 fully saturated rings. The molecule has 0 saturated heterocycles. The van der Waals surface area contributed by atoms with Crippen LogP contribution in [-0.4, -0.2) is 16.6 Å². The highest BCUT2D eigenvalue weighted by Gasteiger charge is 2.02. The molecule has 144 valence electrons. The minimum atomic E-state index is 0.281. The van der Waals surface area contributed by atoms with Gasteiger partial charge in [0.15, 0.2) is 0 Å². The van der Waals surface area contributed by atoms with Crippen molar-refractivity contribution in [3.63, 3.8) is 0 Å². The monoisotopic (exact) mass is 356 g/mol. The van der Waals surface area contributed by atoms with Crippen molar-refractivity contribution in [2.45, 2.75) is 83.5 Å². The summed E-state index contributed by atoms with van der Waals surface area (Å²) in [6.45, 7) is 0.847. The van der Waals surface area contributed by atoms with Gasteiger partial charge in [0.2, 0.25) is 0 Å². The fourth-order valence-electron chi connectivity index (χ4n) is 3.53. The average molecular weight is 357 g/mol. The summed E-state index contributed by atoms with van der Waals surface area (Å²) in [6.07, 6.45) is 17.0. The van der Waals surface area contributed by atoms with Gasteiger partial charge in [-0.05, 0) is 37.9 Å². The Morgan fingerprint density at radius 3 is 1.88 bits per heavy atom. The third-order valence-corrected chi connectivity index (χ3v) is 5.14. The first-order valence-electron chi connectivity index (χ1n) is 10.6. The van der Waals surface area contributed by atoms with Crippen LogP contribution >= 0.6 is 0 Å². The number of hydrogen-bond donors (Lipinski definition) is 2. The number of aryl methyl sites for hydroxylation is 1. The predicted molar refractivity (Wildman–Crippen MR) is 112 cm³/mol. The number of hydrogen-bond acceptors (Lipinski definition) is 3. The van der Waals surface area contributed by atoms with Gasteiger partial charge in [0, 0.05) is 11.1 Å². The molecule has 3 nitrogen and oxygen atoms in total. The largest absolute Gasteiger partial charge is 0.506 e. The zero-order valence-electron chi connectivity index (χ0n) is 16.3. The molecule has 0 atom stereocenters. The van der Waals surface area contributed by atoms with Crippen LogP contribution in [0.1, 0.15) is 82.7 Å². The van der Waals surface area contributed by atoms with Gasteiger partial charge in [-0.15, -0.1) is 0 Å². The van der Waals surface area contributed by atoms with Crippen LogP contribution in [0.2, 0.25) is 0 Å². The minimum absolute atomic E-state index is 0.281. The van der Waals surface area contributed by atoms with Crippen molar-refractivity contribution in [3.05, 3.63) is 36.0 Å². The van der Waals surface area contributed by atoms with E-state index in [1.165, 1.54) is 77.0 Å². The van der Waals surface area contributed by atoms with E-state index in [4.69, 9.17) is 5.73 Å². The molecule has 0 unspecified atom stereocenters. The van der Waals surface area contributed by atoms with Gasteiger partial charge in [-0.3, -0.25) is 0 Å². The molecule has 3 heteroatoms. The molecule has 0 spiro atoms. The lowest BCUT2D eigenvalue weighted by molar-refractivity contribution is 0.480. The summed E-state index contributed by atoms with van der Waals surface area (Å²) >= 11 is 0. The maximum Gasteiger partial charge on any atom is 0.141 e. The quantitative estimate of drug-likeness (QED) is 0.401. The van der Waals surface area contributed by atoms with E-state index in [2.05, 4.69) is 17.1 Å². The van der Waals surface area contributed by atoms with Crippen LogP contribution in [0, 0.1) is 0 Å². The topological polar surface area (TPSA) is 59.1 Å². The number of phenolic OH excluding ortho intramolecular Hbond substituents is 1. The number of fused-ring (bicyclic) bond motifs is 1. The molecule has 26 heavy (non-hydrogen) atoms. The molecule has 0 aliphatic heterocycles. The number of pyridine rings is 1. The van der Waals surface area contributed by atoms with E-state index in [1.54, 1.807) is 6.07 Å². The number of aromatic nitrogens is 1. The molecule has 1 aromatic carbocycles. The first kappa shape index (κ1) is 20.7. The molecule has 1 heterocycles. The van der Waals surface area contributed by atoms with Gasteiger partial charge in [-0.2, -0.15) is 0 Å². The fourth-order valence-corrected chi connectivity index (χ4v) is 3.53. The Bertz CT molecular complexity index is 627. The summed E-state index contributed by atoms with van der Waals surface area (Å²) in [5, 5.41) is 10.9. The summed E-state index contributed by atoms with van der Waals surface area (Å²) < 4.78 is 0. The number of rotatable bonds is 14. The van der Waals surface area contributed by atoms with Crippen molar-refractivity contribution in [2.75, 3.05) is 6.54 Å². The van der Waals surface area contributed by atoms with Gasteiger partial charge in [-0.1, -0.05) is 82.4 Å². The fraction of sp³-hybridized carbons (Fsp3) is 0.609. The lowest BCUT2D eigenvalue weighted by Crippen LogP contribution is -1.97. The van der Waals surface area contributed by atoms with Crippen LogP contribution in [0.4, 0.5) is 0 Å². The van der Waals surface area contributed by atoms with E-state index in [9.17, 15) is 5.11 Å². The van der Waals surface area contributed by atoms with Crippen molar-refractivity contribution in [3.8, 4) is 5.75 Å². The van der Waals surface area contributed by atoms with Crippen molar-refractivity contribution >= 4 is 10.9 Å². The van der Waals surface area contributed by atoms with Gasteiger partial charge in [0.25, 0.3) is 0 Å². The first-order chi connectivity index (χ1) is 12.8. The SMILES string of the molecule is NCCCCCCCCCCCCCCc1ccc2cccc(O)c2n1. The van der Waals surface area contributed by atoms with Crippen molar-refractivity contribution in [2.24, 2.45) is 5.73 Å². The average Bonchev–Trinajstić information content (AvgIpc) is 2.66. The third-order valence-electron chi connectivity index (χ3n) is 5.14. The summed E-state index contributed by atoms with van der Waals surface area (Å²) in [5.41, 5.74) is 7.33. The molecule has 1 aromatic heterocycles. The summed E-state index contributed by atoms with van der Waals surface area (Å²) in [6, 6.07) is 9.72. The van der Waals surface area contributed by atoms with Crippen LogP contribution in [0.3, 0.4) is 0 Å². The maximum absolute atomic E-state index is 9.91. The summed E-state index contributed by atoms with van der Waals surface area (Å²) in [5.74, 6) is 0.281. The molecule has 2 aromatic rings. The summed E-state index contributed by atoms with van der Waals surface area (Å²) in [7, 11) is 0. The molecule has 0 bridgehead atoms. The highest BCUT2D eigenvalue weighted by Crippen LogP contribution is 2.23. The van der Waals surface area contributed by atoms with Crippen LogP contribution in [0.15, 0.2) is 30.3 Å². The molecular formula is C23H36N2O. The Balaban J connectivity index is 1.48. The number of nitrogens with two attached hydrogens (primary N) is 1. The molecule has 3 N–H and O–H groups in total. The van der Waals surface area contributed by atoms with E-state index in [0.29, 0.717) is 0 Å². The summed E-state index contributed by atoms with van der Waals surface area (Å²) in [4.78, 5) is 4.61. The smallest absolute Gasteiger partial charge is 0.141 e. The molecule has 0 saturated carbocycles. The number of nitrogens with zero attached hydrogens (tertiary/aromatic N) is 1. The molecule has 0 aliphatic carbocycles. The number of para-hydroxylation sites is 1. The van der Waals surface area contributed by atoms with Crippen LogP contribution < -0.4 is 5.73 Å². The van der Waals surface area contributed by atoms with Crippen molar-refractivity contribution < 1.29 is 5.11 Å². The highest BCUT2D eigenvalue weighted by atomic mass is 16.3. The van der Waals surface area contributed by atoms with Gasteiger partial charge >= 0.3 is 0 Å². The second kappa shape index (κ2) is 12.7. The Morgan fingerprint density at radius 1 is 0.692 bits per heavy atom. The second-order valence-corrected chi connectivity index (χ2v) is 7.43. The first-order valence-corrected chi connectivity index (χ1v) is 10.6. The van der Waals surface area contributed by atoms with E-state index in [-0.39, 0.29) is 5.75 Å². The normalized spacial score (nSPS) is 11.3. The third kappa shape index (κ3) is 7.74. The van der Waals surface area contributed by atoms with Crippen LogP contribution in [0.25, 0.3) is 10.9 Å². The lowest BCUT2D eigenvalue weighted by Gasteiger charge is -2.05. The molecule has 0 radical (unpaired) electrons. The number of benzene rings is 1. The number of aromatic hydroxyl groups is 1. The second-order valence-electron chi connectivity index (χ2n) is 7.43. The predicted octanol–water partition coefficient (Wildman–Crippen LogP) is 6.12. The van der Waals surface area contributed by atoms with Gasteiger partial charge < -0.3 is 10.8 Å². The van der Waals surface area contributed by atoms with E-state index < -0.39 is 0 Å². The Morgan fingerprint density at radius 2 is 1.27 bits per heavy atom.